The maximum atomic E-state index is 11.2. The monoisotopic (exact) mass is 193 g/mol. The summed E-state index contributed by atoms with van der Waals surface area (Å²) in [5, 5.41) is 8.84. The van der Waals surface area contributed by atoms with E-state index in [4.69, 9.17) is 5.11 Å². The molecule has 72 valence electrons. The highest BCUT2D eigenvalue weighted by Crippen LogP contribution is 2.29. The van der Waals surface area contributed by atoms with Gasteiger partial charge >= 0.3 is 0 Å². The smallest absolute Gasteiger partial charge is 0.211 e. The predicted octanol–water partition coefficient (Wildman–Crippen LogP) is -0.303. The molecule has 4 nitrogen and oxygen atoms in total. The van der Waals surface area contributed by atoms with Gasteiger partial charge in [-0.1, -0.05) is 0 Å². The lowest BCUT2D eigenvalue weighted by atomic mass is 10.4. The van der Waals surface area contributed by atoms with Crippen molar-refractivity contribution in [3.63, 3.8) is 0 Å². The van der Waals surface area contributed by atoms with Gasteiger partial charge in [-0.25, -0.2) is 13.1 Å². The lowest BCUT2D eigenvalue weighted by Crippen LogP contribution is -2.32. The minimum absolute atomic E-state index is 0.120. The van der Waals surface area contributed by atoms with Crippen LogP contribution >= 0.6 is 0 Å². The Bertz CT molecular complexity index is 231. The Hall–Kier alpha value is -0.130. The highest BCUT2D eigenvalue weighted by Gasteiger charge is 2.27. The van der Waals surface area contributed by atoms with Gasteiger partial charge in [0.15, 0.2) is 0 Å². The van der Waals surface area contributed by atoms with Crippen LogP contribution in [0.4, 0.5) is 0 Å². The zero-order valence-corrected chi connectivity index (χ0v) is 7.97. The van der Waals surface area contributed by atoms with Gasteiger partial charge in [0, 0.05) is 6.54 Å². The zero-order chi connectivity index (χ0) is 9.19. The predicted molar refractivity (Wildman–Crippen MR) is 46.2 cm³/mol. The van der Waals surface area contributed by atoms with Crippen LogP contribution in [0.1, 0.15) is 19.8 Å². The number of hydrogen-bond donors (Lipinski definition) is 2. The number of aliphatic hydroxyl groups excluding tert-OH is 1. The topological polar surface area (TPSA) is 66.4 Å². The van der Waals surface area contributed by atoms with Gasteiger partial charge in [-0.3, -0.25) is 0 Å². The second kappa shape index (κ2) is 3.72. The average molecular weight is 193 g/mol. The van der Waals surface area contributed by atoms with Crippen LogP contribution < -0.4 is 4.72 Å². The van der Waals surface area contributed by atoms with Crippen LogP contribution in [0, 0.1) is 5.92 Å². The van der Waals surface area contributed by atoms with Gasteiger partial charge in [0.05, 0.1) is 11.9 Å². The fourth-order valence-corrected chi connectivity index (χ4v) is 2.47. The minimum Gasteiger partial charge on any atom is -0.392 e. The van der Waals surface area contributed by atoms with Crippen LogP contribution in [0.15, 0.2) is 0 Å². The van der Waals surface area contributed by atoms with Crippen LogP contribution in [-0.2, 0) is 10.0 Å². The molecule has 0 bridgehead atoms. The molecular formula is C7H15NO3S. The minimum atomic E-state index is -3.12. The summed E-state index contributed by atoms with van der Waals surface area (Å²) >= 11 is 0. The molecule has 0 heterocycles. The number of nitrogens with one attached hydrogen (secondary N) is 1. The van der Waals surface area contributed by atoms with Gasteiger partial charge in [0.25, 0.3) is 0 Å². The van der Waals surface area contributed by atoms with E-state index >= 15 is 0 Å². The van der Waals surface area contributed by atoms with Gasteiger partial charge in [-0.2, -0.15) is 0 Å². The standard InChI is InChI=1S/C7H15NO3S/c1-6(9)4-8-12(10,11)5-7-2-3-7/h6-9H,2-5H2,1H3/t6-/m0/s1. The molecule has 0 aromatic rings. The van der Waals surface area contributed by atoms with E-state index in [-0.39, 0.29) is 12.3 Å². The molecule has 0 amide bonds. The molecular weight excluding hydrogens is 178 g/mol. The van der Waals surface area contributed by atoms with E-state index in [1.807, 2.05) is 0 Å². The summed E-state index contributed by atoms with van der Waals surface area (Å²) in [5.41, 5.74) is 0. The van der Waals surface area contributed by atoms with Crippen LogP contribution in [0.3, 0.4) is 0 Å². The van der Waals surface area contributed by atoms with E-state index in [0.29, 0.717) is 5.92 Å². The van der Waals surface area contributed by atoms with Crippen LogP contribution in [0.25, 0.3) is 0 Å². The Labute approximate surface area is 73.0 Å². The number of sulfonamides is 1. The van der Waals surface area contributed by atoms with Crippen LogP contribution in [-0.4, -0.2) is 31.9 Å². The van der Waals surface area contributed by atoms with Gasteiger partial charge < -0.3 is 5.11 Å². The summed E-state index contributed by atoms with van der Waals surface area (Å²) in [5.74, 6) is 0.580. The van der Waals surface area contributed by atoms with Crippen molar-refractivity contribution >= 4 is 10.0 Å². The fraction of sp³-hybridized carbons (Fsp3) is 1.00. The molecule has 0 saturated heterocycles. The molecule has 0 spiro atoms. The number of hydrogen-bond acceptors (Lipinski definition) is 3. The van der Waals surface area contributed by atoms with Crippen molar-refractivity contribution in [3.8, 4) is 0 Å². The highest BCUT2D eigenvalue weighted by atomic mass is 32.2. The van der Waals surface area contributed by atoms with Crippen molar-refractivity contribution in [1.82, 2.24) is 4.72 Å². The third-order valence-corrected chi connectivity index (χ3v) is 3.27. The average Bonchev–Trinajstić information content (AvgIpc) is 2.67. The largest absolute Gasteiger partial charge is 0.392 e. The summed E-state index contributed by atoms with van der Waals surface area (Å²) < 4.78 is 24.7. The molecule has 1 fully saturated rings. The summed E-state index contributed by atoms with van der Waals surface area (Å²) in [4.78, 5) is 0. The quantitative estimate of drug-likeness (QED) is 0.630. The summed E-state index contributed by atoms with van der Waals surface area (Å²) in [6.07, 6.45) is 1.43. The third-order valence-electron chi connectivity index (χ3n) is 1.75. The molecule has 0 aromatic carbocycles. The van der Waals surface area contributed by atoms with Gasteiger partial charge in [0.1, 0.15) is 0 Å². The summed E-state index contributed by atoms with van der Waals surface area (Å²) in [6, 6.07) is 0. The first-order chi connectivity index (χ1) is 5.49. The van der Waals surface area contributed by atoms with E-state index in [2.05, 4.69) is 4.72 Å². The zero-order valence-electron chi connectivity index (χ0n) is 7.16. The Morgan fingerprint density at radius 2 is 2.17 bits per heavy atom. The molecule has 5 heteroatoms. The molecule has 12 heavy (non-hydrogen) atoms. The molecule has 0 unspecified atom stereocenters. The van der Waals surface area contributed by atoms with Crippen molar-refractivity contribution in [3.05, 3.63) is 0 Å². The SMILES string of the molecule is C[C@H](O)CNS(=O)(=O)CC1CC1. The van der Waals surface area contributed by atoms with Crippen molar-refractivity contribution < 1.29 is 13.5 Å². The van der Waals surface area contributed by atoms with Crippen molar-refractivity contribution in [2.24, 2.45) is 5.92 Å². The summed E-state index contributed by atoms with van der Waals surface area (Å²) in [7, 11) is -3.12. The Morgan fingerprint density at radius 1 is 1.58 bits per heavy atom. The van der Waals surface area contributed by atoms with Gasteiger partial charge in [-0.05, 0) is 25.7 Å². The maximum absolute atomic E-state index is 11.2. The first kappa shape index (κ1) is 9.95. The van der Waals surface area contributed by atoms with E-state index in [1.54, 1.807) is 6.92 Å². The Morgan fingerprint density at radius 3 is 2.58 bits per heavy atom. The second-order valence-electron chi connectivity index (χ2n) is 3.42. The lowest BCUT2D eigenvalue weighted by Gasteiger charge is -2.06. The van der Waals surface area contributed by atoms with Crippen LogP contribution in [0.5, 0.6) is 0 Å². The van der Waals surface area contributed by atoms with Gasteiger partial charge in [-0.15, -0.1) is 0 Å². The molecule has 1 rings (SSSR count). The second-order valence-corrected chi connectivity index (χ2v) is 5.27. The Balaban J connectivity index is 2.27. The number of rotatable bonds is 5. The molecule has 1 atom stereocenters. The van der Waals surface area contributed by atoms with Crippen LogP contribution in [0.2, 0.25) is 0 Å². The Kier molecular flexibility index (Phi) is 3.09. The number of aliphatic hydroxyl groups is 1. The first-order valence-electron chi connectivity index (χ1n) is 4.15. The molecule has 0 aliphatic heterocycles. The van der Waals surface area contributed by atoms with Gasteiger partial charge in [0.2, 0.25) is 10.0 Å². The van der Waals surface area contributed by atoms with Crippen molar-refractivity contribution in [2.45, 2.75) is 25.9 Å². The fourth-order valence-electron chi connectivity index (χ4n) is 0.901. The molecule has 0 radical (unpaired) electrons. The van der Waals surface area contributed by atoms with Crippen molar-refractivity contribution in [2.75, 3.05) is 12.3 Å². The lowest BCUT2D eigenvalue weighted by molar-refractivity contribution is 0.198. The first-order valence-corrected chi connectivity index (χ1v) is 5.80. The van der Waals surface area contributed by atoms with Crippen molar-refractivity contribution in [1.29, 1.82) is 0 Å². The normalized spacial score (nSPS) is 20.8. The molecule has 1 aliphatic rings. The summed E-state index contributed by atoms with van der Waals surface area (Å²) in [6.45, 7) is 1.68. The molecule has 2 N–H and O–H groups in total. The molecule has 0 aromatic heterocycles. The van der Waals surface area contributed by atoms with E-state index in [9.17, 15) is 8.42 Å². The van der Waals surface area contributed by atoms with E-state index in [0.717, 1.165) is 12.8 Å². The molecule has 1 aliphatic carbocycles. The van der Waals surface area contributed by atoms with E-state index in [1.165, 1.54) is 0 Å². The molecule has 1 saturated carbocycles. The third kappa shape index (κ3) is 4.04. The maximum Gasteiger partial charge on any atom is 0.211 e. The highest BCUT2D eigenvalue weighted by molar-refractivity contribution is 7.89. The van der Waals surface area contributed by atoms with E-state index < -0.39 is 16.1 Å².